The maximum Gasteiger partial charge on any atom is 0.255 e. The van der Waals surface area contributed by atoms with E-state index in [1.165, 1.54) is 0 Å². The van der Waals surface area contributed by atoms with Crippen LogP contribution in [-0.4, -0.2) is 41.8 Å². The summed E-state index contributed by atoms with van der Waals surface area (Å²) in [6.45, 7) is 2.29. The van der Waals surface area contributed by atoms with Crippen LogP contribution in [-0.2, 0) is 22.7 Å². The number of nitrogens with one attached hydrogen (secondary N) is 2. The third kappa shape index (κ3) is 2.97. The minimum absolute atomic E-state index is 0.143. The van der Waals surface area contributed by atoms with E-state index >= 15 is 0 Å². The second-order valence-corrected chi connectivity index (χ2v) is 5.81. The maximum absolute atomic E-state index is 12.6. The van der Waals surface area contributed by atoms with Crippen LogP contribution in [0.25, 0.3) is 0 Å². The number of hydrogen-bond donors (Lipinski definition) is 3. The molecule has 1 aromatic carbocycles. The number of hydrogen-bond acceptors (Lipinski definition) is 5. The lowest BCUT2D eigenvalue weighted by Gasteiger charge is -2.29. The second kappa shape index (κ2) is 6.47. The quantitative estimate of drug-likeness (QED) is 0.501. The molecule has 23 heavy (non-hydrogen) atoms. The first-order valence-corrected chi connectivity index (χ1v) is 7.78. The average Bonchev–Trinajstić information content (AvgIpc) is 2.86. The summed E-state index contributed by atoms with van der Waals surface area (Å²) in [7, 11) is 0. The topological polar surface area (TPSA) is 105 Å². The SMILES string of the molecule is NCCNCc1cccc2c1CN(C1CCC(=O)NC1=O)C2=O. The predicted molar refractivity (Wildman–Crippen MR) is 83.2 cm³/mol. The van der Waals surface area contributed by atoms with Crippen LogP contribution in [0.15, 0.2) is 18.2 Å². The van der Waals surface area contributed by atoms with Crippen LogP contribution in [0.3, 0.4) is 0 Å². The van der Waals surface area contributed by atoms with Crippen LogP contribution in [0.4, 0.5) is 0 Å². The number of amides is 3. The van der Waals surface area contributed by atoms with Crippen LogP contribution < -0.4 is 16.4 Å². The summed E-state index contributed by atoms with van der Waals surface area (Å²) in [6.07, 6.45) is 0.645. The Morgan fingerprint density at radius 1 is 1.30 bits per heavy atom. The zero-order chi connectivity index (χ0) is 16.4. The number of carbonyl (C=O) groups excluding carboxylic acids is 3. The van der Waals surface area contributed by atoms with Crippen molar-refractivity contribution in [1.29, 1.82) is 0 Å². The number of imide groups is 1. The maximum atomic E-state index is 12.6. The van der Waals surface area contributed by atoms with Gasteiger partial charge in [-0.3, -0.25) is 19.7 Å². The normalized spacial score (nSPS) is 20.7. The monoisotopic (exact) mass is 316 g/mol. The molecule has 0 radical (unpaired) electrons. The van der Waals surface area contributed by atoms with Crippen molar-refractivity contribution in [3.63, 3.8) is 0 Å². The van der Waals surface area contributed by atoms with Crippen molar-refractivity contribution in [3.8, 4) is 0 Å². The molecule has 3 amide bonds. The number of carbonyl (C=O) groups is 3. The fraction of sp³-hybridized carbons (Fsp3) is 0.438. The number of rotatable bonds is 5. The van der Waals surface area contributed by atoms with Crippen LogP contribution >= 0.6 is 0 Å². The molecule has 1 fully saturated rings. The highest BCUT2D eigenvalue weighted by atomic mass is 16.2. The zero-order valence-corrected chi connectivity index (χ0v) is 12.8. The first-order chi connectivity index (χ1) is 11.1. The van der Waals surface area contributed by atoms with E-state index in [0.717, 1.165) is 11.1 Å². The molecule has 0 aliphatic carbocycles. The molecule has 1 saturated heterocycles. The van der Waals surface area contributed by atoms with Crippen LogP contribution in [0.2, 0.25) is 0 Å². The second-order valence-electron chi connectivity index (χ2n) is 5.81. The molecule has 0 spiro atoms. The number of piperidine rings is 1. The fourth-order valence-electron chi connectivity index (χ4n) is 3.14. The van der Waals surface area contributed by atoms with Gasteiger partial charge in [-0.15, -0.1) is 0 Å². The number of nitrogens with zero attached hydrogens (tertiary/aromatic N) is 1. The third-order valence-corrected chi connectivity index (χ3v) is 4.32. The fourth-order valence-corrected chi connectivity index (χ4v) is 3.14. The van der Waals surface area contributed by atoms with E-state index in [1.54, 1.807) is 11.0 Å². The van der Waals surface area contributed by atoms with Crippen molar-refractivity contribution in [2.45, 2.75) is 32.0 Å². The Kier molecular flexibility index (Phi) is 4.40. The lowest BCUT2D eigenvalue weighted by atomic mass is 10.0. The molecule has 4 N–H and O–H groups in total. The Morgan fingerprint density at radius 2 is 2.13 bits per heavy atom. The summed E-state index contributed by atoms with van der Waals surface area (Å²) in [5.41, 5.74) is 8.11. The van der Waals surface area contributed by atoms with E-state index in [-0.39, 0.29) is 24.1 Å². The molecule has 1 atom stereocenters. The number of fused-ring (bicyclic) bond motifs is 1. The van der Waals surface area contributed by atoms with Gasteiger partial charge in [0.25, 0.3) is 5.91 Å². The van der Waals surface area contributed by atoms with Crippen molar-refractivity contribution >= 4 is 17.7 Å². The predicted octanol–water partition coefficient (Wildman–Crippen LogP) is -0.504. The zero-order valence-electron chi connectivity index (χ0n) is 12.8. The van der Waals surface area contributed by atoms with Crippen molar-refractivity contribution < 1.29 is 14.4 Å². The van der Waals surface area contributed by atoms with Gasteiger partial charge in [0, 0.05) is 38.2 Å². The molecule has 1 unspecified atom stereocenters. The van der Waals surface area contributed by atoms with Crippen molar-refractivity contribution in [2.75, 3.05) is 13.1 Å². The molecule has 3 rings (SSSR count). The first-order valence-electron chi connectivity index (χ1n) is 7.78. The first kappa shape index (κ1) is 15.6. The molecule has 0 saturated carbocycles. The Balaban J connectivity index is 1.80. The molecular formula is C16H20N4O3. The molecule has 1 aromatic rings. The standard InChI is InChI=1S/C16H20N4O3/c17-6-7-18-8-10-2-1-3-11-12(10)9-20(16(11)23)13-4-5-14(21)19-15(13)22/h1-3,13,18H,4-9,17H2,(H,19,21,22). The Labute approximate surface area is 134 Å². The van der Waals surface area contributed by atoms with Crippen molar-refractivity contribution in [1.82, 2.24) is 15.5 Å². The van der Waals surface area contributed by atoms with E-state index in [0.29, 0.717) is 38.2 Å². The van der Waals surface area contributed by atoms with Crippen molar-refractivity contribution in [3.05, 3.63) is 34.9 Å². The summed E-state index contributed by atoms with van der Waals surface area (Å²) in [6, 6.07) is 5.04. The Bertz CT molecular complexity index is 659. The summed E-state index contributed by atoms with van der Waals surface area (Å²) in [5, 5.41) is 5.54. The summed E-state index contributed by atoms with van der Waals surface area (Å²) in [5.74, 6) is -0.803. The van der Waals surface area contributed by atoms with E-state index in [1.807, 2.05) is 12.1 Å². The smallest absolute Gasteiger partial charge is 0.255 e. The Morgan fingerprint density at radius 3 is 2.87 bits per heavy atom. The lowest BCUT2D eigenvalue weighted by molar-refractivity contribution is -0.136. The summed E-state index contributed by atoms with van der Waals surface area (Å²) < 4.78 is 0. The van der Waals surface area contributed by atoms with Gasteiger partial charge in [0.15, 0.2) is 0 Å². The molecule has 2 aliphatic rings. The van der Waals surface area contributed by atoms with Gasteiger partial charge in [-0.1, -0.05) is 12.1 Å². The van der Waals surface area contributed by atoms with Gasteiger partial charge in [0.05, 0.1) is 0 Å². The van der Waals surface area contributed by atoms with Crippen LogP contribution in [0.5, 0.6) is 0 Å². The molecular weight excluding hydrogens is 296 g/mol. The third-order valence-electron chi connectivity index (χ3n) is 4.32. The molecule has 2 heterocycles. The molecule has 0 aromatic heterocycles. The van der Waals surface area contributed by atoms with Crippen LogP contribution in [0.1, 0.15) is 34.3 Å². The van der Waals surface area contributed by atoms with Gasteiger partial charge < -0.3 is 16.0 Å². The van der Waals surface area contributed by atoms with Gasteiger partial charge in [0.2, 0.25) is 11.8 Å². The van der Waals surface area contributed by atoms with Gasteiger partial charge in [-0.25, -0.2) is 0 Å². The minimum atomic E-state index is -0.572. The molecule has 122 valence electrons. The average molecular weight is 316 g/mol. The van der Waals surface area contributed by atoms with E-state index in [4.69, 9.17) is 5.73 Å². The molecule has 7 heteroatoms. The number of nitrogens with two attached hydrogens (primary N) is 1. The minimum Gasteiger partial charge on any atom is -0.329 e. The van der Waals surface area contributed by atoms with E-state index in [2.05, 4.69) is 10.6 Å². The highest BCUT2D eigenvalue weighted by Crippen LogP contribution is 2.29. The van der Waals surface area contributed by atoms with Crippen molar-refractivity contribution in [2.24, 2.45) is 5.73 Å². The Hall–Kier alpha value is -2.25. The molecule has 0 bridgehead atoms. The van der Waals surface area contributed by atoms with E-state index < -0.39 is 6.04 Å². The highest BCUT2D eigenvalue weighted by Gasteiger charge is 2.39. The molecule has 7 nitrogen and oxygen atoms in total. The van der Waals surface area contributed by atoms with Gasteiger partial charge in [-0.05, 0) is 23.6 Å². The van der Waals surface area contributed by atoms with Gasteiger partial charge >= 0.3 is 0 Å². The summed E-state index contributed by atoms with van der Waals surface area (Å²) in [4.78, 5) is 37.5. The largest absolute Gasteiger partial charge is 0.329 e. The van der Waals surface area contributed by atoms with E-state index in [9.17, 15) is 14.4 Å². The summed E-state index contributed by atoms with van der Waals surface area (Å²) >= 11 is 0. The lowest BCUT2D eigenvalue weighted by Crippen LogP contribution is -2.52. The van der Waals surface area contributed by atoms with Gasteiger partial charge in [-0.2, -0.15) is 0 Å². The van der Waals surface area contributed by atoms with Crippen LogP contribution in [0, 0.1) is 0 Å². The highest BCUT2D eigenvalue weighted by molar-refractivity contribution is 6.05. The van der Waals surface area contributed by atoms with Gasteiger partial charge in [0.1, 0.15) is 6.04 Å². The molecule has 2 aliphatic heterocycles. The number of benzene rings is 1.